The van der Waals surface area contributed by atoms with Crippen molar-refractivity contribution in [1.29, 1.82) is 0 Å². The molecule has 0 saturated carbocycles. The predicted molar refractivity (Wildman–Crippen MR) is 60.3 cm³/mol. The first-order valence-corrected chi connectivity index (χ1v) is 6.21. The van der Waals surface area contributed by atoms with Gasteiger partial charge in [0, 0.05) is 19.5 Å². The number of hydrogen-bond acceptors (Lipinski definition) is 4. The summed E-state index contributed by atoms with van der Waals surface area (Å²) in [6.45, 7) is 3.31. The molecule has 0 aromatic rings. The molecule has 1 unspecified atom stereocenters. The van der Waals surface area contributed by atoms with Gasteiger partial charge in [0.2, 0.25) is 10.0 Å². The molecule has 0 aliphatic rings. The van der Waals surface area contributed by atoms with Crippen LogP contribution in [-0.2, 0) is 10.0 Å². The average molecular weight is 236 g/mol. The lowest BCUT2D eigenvalue weighted by Crippen LogP contribution is -2.40. The van der Waals surface area contributed by atoms with E-state index in [1.54, 1.807) is 26.1 Å². The molecule has 0 radical (unpaired) electrons. The number of nitrogens with two attached hydrogens (primary N) is 1. The molecule has 90 valence electrons. The van der Waals surface area contributed by atoms with E-state index >= 15 is 0 Å². The topological polar surface area (TPSA) is 83.6 Å². The molecule has 15 heavy (non-hydrogen) atoms. The lowest BCUT2D eigenvalue weighted by atomic mass is 9.90. The van der Waals surface area contributed by atoms with Gasteiger partial charge in [-0.1, -0.05) is 19.9 Å². The Balaban J connectivity index is 4.56. The van der Waals surface area contributed by atoms with Gasteiger partial charge in [-0.2, -0.15) is 0 Å². The number of aliphatic hydroxyl groups excluding tert-OH is 1. The second-order valence-corrected chi connectivity index (χ2v) is 6.11. The van der Waals surface area contributed by atoms with E-state index in [1.165, 1.54) is 0 Å². The molecule has 0 aromatic heterocycles. The standard InChI is InChI=1S/C9H20N2O3S/c1-9(2,6-5-7-11(3)4)8(12)15(10,13)14/h5,7-8,12H,6H2,1-4H3,(H2,10,13,14). The average Bonchev–Trinajstić information content (AvgIpc) is 2.00. The molecule has 0 aromatic carbocycles. The fourth-order valence-electron chi connectivity index (χ4n) is 1.11. The molecule has 0 aliphatic heterocycles. The maximum atomic E-state index is 11.0. The van der Waals surface area contributed by atoms with E-state index in [-0.39, 0.29) is 0 Å². The maximum absolute atomic E-state index is 11.0. The van der Waals surface area contributed by atoms with Crippen LogP contribution in [0.3, 0.4) is 0 Å². The number of sulfonamides is 1. The van der Waals surface area contributed by atoms with Crippen molar-refractivity contribution in [3.8, 4) is 0 Å². The minimum atomic E-state index is -3.90. The van der Waals surface area contributed by atoms with Crippen molar-refractivity contribution in [1.82, 2.24) is 4.90 Å². The van der Waals surface area contributed by atoms with Gasteiger partial charge >= 0.3 is 0 Å². The number of aliphatic hydroxyl groups is 1. The molecule has 0 amide bonds. The van der Waals surface area contributed by atoms with Crippen LogP contribution in [0.4, 0.5) is 0 Å². The highest BCUT2D eigenvalue weighted by molar-refractivity contribution is 7.89. The minimum Gasteiger partial charge on any atom is -0.384 e. The summed E-state index contributed by atoms with van der Waals surface area (Å²) in [6.07, 6.45) is 4.04. The fraction of sp³-hybridized carbons (Fsp3) is 0.778. The van der Waals surface area contributed by atoms with E-state index in [0.29, 0.717) is 6.42 Å². The van der Waals surface area contributed by atoms with Gasteiger partial charge in [0.05, 0.1) is 0 Å². The molecule has 0 bridgehead atoms. The lowest BCUT2D eigenvalue weighted by Gasteiger charge is -2.27. The van der Waals surface area contributed by atoms with Crippen LogP contribution >= 0.6 is 0 Å². The van der Waals surface area contributed by atoms with Crippen LogP contribution in [0.15, 0.2) is 12.3 Å². The van der Waals surface area contributed by atoms with Crippen molar-refractivity contribution < 1.29 is 13.5 Å². The molecule has 1 atom stereocenters. The van der Waals surface area contributed by atoms with E-state index in [1.807, 2.05) is 19.0 Å². The molecular weight excluding hydrogens is 216 g/mol. The van der Waals surface area contributed by atoms with Crippen LogP contribution in [0.5, 0.6) is 0 Å². The monoisotopic (exact) mass is 236 g/mol. The summed E-state index contributed by atoms with van der Waals surface area (Å²) >= 11 is 0. The van der Waals surface area contributed by atoms with Crippen molar-refractivity contribution in [3.63, 3.8) is 0 Å². The quantitative estimate of drug-likeness (QED) is 0.708. The summed E-state index contributed by atoms with van der Waals surface area (Å²) in [5, 5.41) is 14.4. The molecule has 0 spiro atoms. The molecular formula is C9H20N2O3S. The predicted octanol–water partition coefficient (Wildman–Crippen LogP) is 0.0849. The Bertz CT molecular complexity index is 320. The van der Waals surface area contributed by atoms with E-state index < -0.39 is 20.9 Å². The molecule has 0 fully saturated rings. The zero-order valence-electron chi connectivity index (χ0n) is 9.64. The first kappa shape index (κ1) is 14.4. The van der Waals surface area contributed by atoms with Gasteiger partial charge in [-0.15, -0.1) is 0 Å². The van der Waals surface area contributed by atoms with Gasteiger partial charge in [0.25, 0.3) is 0 Å². The summed E-state index contributed by atoms with van der Waals surface area (Å²) < 4.78 is 21.9. The fourth-order valence-corrected chi connectivity index (χ4v) is 2.10. The lowest BCUT2D eigenvalue weighted by molar-refractivity contribution is 0.119. The zero-order valence-corrected chi connectivity index (χ0v) is 10.5. The van der Waals surface area contributed by atoms with Crippen LogP contribution in [0.2, 0.25) is 0 Å². The molecule has 6 heteroatoms. The number of rotatable bonds is 5. The smallest absolute Gasteiger partial charge is 0.236 e. The van der Waals surface area contributed by atoms with E-state index in [4.69, 9.17) is 5.14 Å². The highest BCUT2D eigenvalue weighted by Crippen LogP contribution is 2.27. The highest BCUT2D eigenvalue weighted by atomic mass is 32.2. The van der Waals surface area contributed by atoms with Gasteiger partial charge in [0.1, 0.15) is 0 Å². The van der Waals surface area contributed by atoms with Crippen molar-refractivity contribution in [2.75, 3.05) is 14.1 Å². The maximum Gasteiger partial charge on any atom is 0.236 e. The Labute approximate surface area is 91.6 Å². The van der Waals surface area contributed by atoms with Crippen LogP contribution in [0.25, 0.3) is 0 Å². The third-order valence-corrected chi connectivity index (χ3v) is 3.29. The second kappa shape index (κ2) is 4.96. The Morgan fingerprint density at radius 1 is 1.47 bits per heavy atom. The Morgan fingerprint density at radius 3 is 2.27 bits per heavy atom. The van der Waals surface area contributed by atoms with Gasteiger partial charge in [-0.05, 0) is 12.6 Å². The first-order chi connectivity index (χ1) is 6.57. The third kappa shape index (κ3) is 5.15. The van der Waals surface area contributed by atoms with Crippen molar-refractivity contribution >= 4 is 10.0 Å². The van der Waals surface area contributed by atoms with Gasteiger partial charge in [-0.25, -0.2) is 13.6 Å². The van der Waals surface area contributed by atoms with Gasteiger partial charge in [0.15, 0.2) is 5.44 Å². The number of nitrogens with zero attached hydrogens (tertiary/aromatic N) is 1. The van der Waals surface area contributed by atoms with Crippen molar-refractivity contribution in [2.24, 2.45) is 10.6 Å². The normalized spacial score (nSPS) is 15.6. The largest absolute Gasteiger partial charge is 0.384 e. The van der Waals surface area contributed by atoms with Gasteiger partial charge < -0.3 is 10.0 Å². The molecule has 0 rings (SSSR count). The second-order valence-electron chi connectivity index (χ2n) is 4.48. The van der Waals surface area contributed by atoms with E-state index in [0.717, 1.165) is 0 Å². The van der Waals surface area contributed by atoms with Crippen LogP contribution in [0, 0.1) is 5.41 Å². The number of allylic oxidation sites excluding steroid dienone is 1. The van der Waals surface area contributed by atoms with Crippen molar-refractivity contribution in [3.05, 3.63) is 12.3 Å². The van der Waals surface area contributed by atoms with Crippen LogP contribution < -0.4 is 5.14 Å². The minimum absolute atomic E-state index is 0.433. The summed E-state index contributed by atoms with van der Waals surface area (Å²) in [5.74, 6) is 0. The van der Waals surface area contributed by atoms with Gasteiger partial charge in [-0.3, -0.25) is 0 Å². The van der Waals surface area contributed by atoms with Crippen molar-refractivity contribution in [2.45, 2.75) is 25.7 Å². The van der Waals surface area contributed by atoms with Crippen LogP contribution in [-0.4, -0.2) is 38.0 Å². The first-order valence-electron chi connectivity index (χ1n) is 4.60. The highest BCUT2D eigenvalue weighted by Gasteiger charge is 2.34. The van der Waals surface area contributed by atoms with E-state index in [9.17, 15) is 13.5 Å². The number of primary sulfonamides is 1. The summed E-state index contributed by atoms with van der Waals surface area (Å²) in [5.41, 5.74) is -2.34. The summed E-state index contributed by atoms with van der Waals surface area (Å²) in [4.78, 5) is 1.83. The summed E-state index contributed by atoms with van der Waals surface area (Å²) in [7, 11) is -0.182. The van der Waals surface area contributed by atoms with Crippen LogP contribution in [0.1, 0.15) is 20.3 Å². The summed E-state index contributed by atoms with van der Waals surface area (Å²) in [6, 6.07) is 0. The molecule has 5 nitrogen and oxygen atoms in total. The number of hydrogen-bond donors (Lipinski definition) is 2. The third-order valence-electron chi connectivity index (χ3n) is 2.03. The molecule has 3 N–H and O–H groups in total. The molecule has 0 aliphatic carbocycles. The molecule has 0 saturated heterocycles. The SMILES string of the molecule is CN(C)C=CCC(C)(C)C(O)S(N)(=O)=O. The zero-order chi connectivity index (χ0) is 12.3. The Kier molecular flexibility index (Phi) is 4.76. The molecule has 0 heterocycles. The van der Waals surface area contributed by atoms with E-state index in [2.05, 4.69) is 0 Å². The Hall–Kier alpha value is -0.590. The Morgan fingerprint density at radius 2 is 1.93 bits per heavy atom.